The molecular formula is C20H16FNO3. The maximum atomic E-state index is 13.5. The third-order valence-electron chi connectivity index (χ3n) is 3.80. The number of amides is 1. The lowest BCUT2D eigenvalue weighted by molar-refractivity contribution is -0.119. The maximum absolute atomic E-state index is 13.5. The minimum Gasteiger partial charge on any atom is -0.452 e. The maximum Gasteiger partial charge on any atom is 0.339 e. The predicted molar refractivity (Wildman–Crippen MR) is 94.0 cm³/mol. The molecule has 126 valence electrons. The average Bonchev–Trinajstić information content (AvgIpc) is 2.62. The van der Waals surface area contributed by atoms with E-state index in [1.807, 2.05) is 30.3 Å². The highest BCUT2D eigenvalue weighted by atomic mass is 19.1. The second-order valence-corrected chi connectivity index (χ2v) is 5.61. The van der Waals surface area contributed by atoms with Crippen molar-refractivity contribution >= 4 is 28.3 Å². The Bertz CT molecular complexity index is 947. The molecule has 0 saturated heterocycles. The topological polar surface area (TPSA) is 55.4 Å². The fourth-order valence-electron chi connectivity index (χ4n) is 2.48. The quantitative estimate of drug-likeness (QED) is 0.730. The molecule has 1 amide bonds. The molecule has 0 aromatic heterocycles. The van der Waals surface area contributed by atoms with E-state index in [2.05, 4.69) is 5.32 Å². The van der Waals surface area contributed by atoms with Crippen LogP contribution in [0.3, 0.4) is 0 Å². The number of benzene rings is 3. The molecule has 0 heterocycles. The summed E-state index contributed by atoms with van der Waals surface area (Å²) < 4.78 is 18.6. The molecular weight excluding hydrogens is 321 g/mol. The van der Waals surface area contributed by atoms with Gasteiger partial charge >= 0.3 is 5.97 Å². The number of rotatable bonds is 4. The second-order valence-electron chi connectivity index (χ2n) is 5.61. The Kier molecular flexibility index (Phi) is 4.75. The first-order valence-corrected chi connectivity index (χ1v) is 7.75. The molecule has 0 atom stereocenters. The van der Waals surface area contributed by atoms with Crippen LogP contribution in [0.5, 0.6) is 0 Å². The van der Waals surface area contributed by atoms with Crippen LogP contribution in [0.25, 0.3) is 10.8 Å². The van der Waals surface area contributed by atoms with Gasteiger partial charge in [0.2, 0.25) is 0 Å². The Hall–Kier alpha value is -3.21. The molecule has 1 N–H and O–H groups in total. The summed E-state index contributed by atoms with van der Waals surface area (Å²) in [4.78, 5) is 24.1. The molecule has 0 aliphatic rings. The molecule has 0 aliphatic heterocycles. The molecule has 0 radical (unpaired) electrons. The summed E-state index contributed by atoms with van der Waals surface area (Å²) in [5.41, 5.74) is 1.20. The number of carbonyl (C=O) groups excluding carboxylic acids is 2. The van der Waals surface area contributed by atoms with Crippen LogP contribution in [0.15, 0.2) is 60.7 Å². The van der Waals surface area contributed by atoms with Crippen LogP contribution in [0, 0.1) is 12.7 Å². The van der Waals surface area contributed by atoms with Crippen LogP contribution in [0.1, 0.15) is 15.9 Å². The fourth-order valence-corrected chi connectivity index (χ4v) is 2.48. The van der Waals surface area contributed by atoms with E-state index in [1.165, 1.54) is 6.07 Å². The predicted octanol–water partition coefficient (Wildman–Crippen LogP) is 4.08. The number of anilines is 1. The number of esters is 1. The lowest BCUT2D eigenvalue weighted by atomic mass is 10.1. The van der Waals surface area contributed by atoms with Gasteiger partial charge in [-0.1, -0.05) is 42.5 Å². The van der Waals surface area contributed by atoms with Crippen molar-refractivity contribution in [2.24, 2.45) is 0 Å². The van der Waals surface area contributed by atoms with E-state index in [4.69, 9.17) is 4.74 Å². The second kappa shape index (κ2) is 7.13. The van der Waals surface area contributed by atoms with Gasteiger partial charge in [0, 0.05) is 5.69 Å². The molecule has 0 saturated carbocycles. The van der Waals surface area contributed by atoms with Gasteiger partial charge in [0.1, 0.15) is 5.82 Å². The van der Waals surface area contributed by atoms with E-state index >= 15 is 0 Å². The Morgan fingerprint density at radius 2 is 1.80 bits per heavy atom. The molecule has 3 aromatic carbocycles. The van der Waals surface area contributed by atoms with Crippen LogP contribution >= 0.6 is 0 Å². The van der Waals surface area contributed by atoms with E-state index in [0.29, 0.717) is 16.8 Å². The SMILES string of the molecule is Cc1ccc(NC(=O)COC(=O)c2cccc3ccccc23)cc1F. The molecule has 0 fully saturated rings. The first kappa shape index (κ1) is 16.6. The molecule has 3 aromatic rings. The van der Waals surface area contributed by atoms with Crippen molar-refractivity contribution in [1.29, 1.82) is 0 Å². The van der Waals surface area contributed by atoms with Crippen molar-refractivity contribution in [2.75, 3.05) is 11.9 Å². The number of halogens is 1. The third-order valence-corrected chi connectivity index (χ3v) is 3.80. The van der Waals surface area contributed by atoms with Crippen molar-refractivity contribution in [3.05, 3.63) is 77.6 Å². The van der Waals surface area contributed by atoms with Gasteiger partial charge in [-0.05, 0) is 41.5 Å². The van der Waals surface area contributed by atoms with Gasteiger partial charge in [-0.25, -0.2) is 9.18 Å². The number of fused-ring (bicyclic) bond motifs is 1. The fraction of sp³-hybridized carbons (Fsp3) is 0.100. The van der Waals surface area contributed by atoms with E-state index in [1.54, 1.807) is 31.2 Å². The first-order chi connectivity index (χ1) is 12.0. The molecule has 0 unspecified atom stereocenters. The Morgan fingerprint density at radius 3 is 2.60 bits per heavy atom. The molecule has 5 heteroatoms. The van der Waals surface area contributed by atoms with Gasteiger partial charge in [-0.2, -0.15) is 0 Å². The summed E-state index contributed by atoms with van der Waals surface area (Å²) >= 11 is 0. The molecule has 0 spiro atoms. The smallest absolute Gasteiger partial charge is 0.339 e. The standard InChI is InChI=1S/C20H16FNO3/c1-13-9-10-15(11-18(13)21)22-19(23)12-25-20(24)17-8-4-6-14-5-2-3-7-16(14)17/h2-11H,12H2,1H3,(H,22,23). The number of hydrogen-bond acceptors (Lipinski definition) is 3. The average molecular weight is 337 g/mol. The molecule has 25 heavy (non-hydrogen) atoms. The summed E-state index contributed by atoms with van der Waals surface area (Å²) in [5.74, 6) is -1.52. The largest absolute Gasteiger partial charge is 0.452 e. The Morgan fingerprint density at radius 1 is 1.04 bits per heavy atom. The van der Waals surface area contributed by atoms with Crippen LogP contribution in [-0.2, 0) is 9.53 Å². The van der Waals surface area contributed by atoms with Crippen LogP contribution in [-0.4, -0.2) is 18.5 Å². The highest BCUT2D eigenvalue weighted by Crippen LogP contribution is 2.19. The van der Waals surface area contributed by atoms with Gasteiger partial charge in [0.15, 0.2) is 6.61 Å². The zero-order valence-electron chi connectivity index (χ0n) is 13.6. The van der Waals surface area contributed by atoms with Gasteiger partial charge in [0.05, 0.1) is 5.56 Å². The molecule has 4 nitrogen and oxygen atoms in total. The zero-order chi connectivity index (χ0) is 17.8. The van der Waals surface area contributed by atoms with E-state index in [-0.39, 0.29) is 0 Å². The van der Waals surface area contributed by atoms with Crippen molar-refractivity contribution in [3.63, 3.8) is 0 Å². The van der Waals surface area contributed by atoms with Crippen molar-refractivity contribution in [3.8, 4) is 0 Å². The summed E-state index contributed by atoms with van der Waals surface area (Å²) in [6, 6.07) is 17.1. The summed E-state index contributed by atoms with van der Waals surface area (Å²) in [5, 5.41) is 4.17. The normalized spacial score (nSPS) is 10.5. The zero-order valence-corrected chi connectivity index (χ0v) is 13.6. The van der Waals surface area contributed by atoms with Crippen molar-refractivity contribution in [1.82, 2.24) is 0 Å². The molecule has 0 aliphatic carbocycles. The van der Waals surface area contributed by atoms with Crippen molar-refractivity contribution in [2.45, 2.75) is 6.92 Å². The third kappa shape index (κ3) is 3.83. The Balaban J connectivity index is 1.65. The van der Waals surface area contributed by atoms with Crippen molar-refractivity contribution < 1.29 is 18.7 Å². The highest BCUT2D eigenvalue weighted by molar-refractivity contribution is 6.05. The minimum absolute atomic E-state index is 0.314. The number of ether oxygens (including phenoxy) is 1. The van der Waals surface area contributed by atoms with E-state index < -0.39 is 24.3 Å². The lowest BCUT2D eigenvalue weighted by Crippen LogP contribution is -2.21. The number of carbonyl (C=O) groups is 2. The van der Waals surface area contributed by atoms with Crippen LogP contribution in [0.2, 0.25) is 0 Å². The number of aryl methyl sites for hydroxylation is 1. The van der Waals surface area contributed by atoms with Gasteiger partial charge in [-0.15, -0.1) is 0 Å². The number of hydrogen-bond donors (Lipinski definition) is 1. The first-order valence-electron chi connectivity index (χ1n) is 7.75. The number of nitrogens with one attached hydrogen (secondary N) is 1. The minimum atomic E-state index is -0.581. The van der Waals surface area contributed by atoms with Gasteiger partial charge < -0.3 is 10.1 Å². The van der Waals surface area contributed by atoms with Gasteiger partial charge in [0.25, 0.3) is 5.91 Å². The van der Waals surface area contributed by atoms with Crippen LogP contribution < -0.4 is 5.32 Å². The summed E-state index contributed by atoms with van der Waals surface area (Å²) in [6.07, 6.45) is 0. The van der Waals surface area contributed by atoms with Crippen LogP contribution in [0.4, 0.5) is 10.1 Å². The molecule has 0 bridgehead atoms. The van der Waals surface area contributed by atoms with Gasteiger partial charge in [-0.3, -0.25) is 4.79 Å². The lowest BCUT2D eigenvalue weighted by Gasteiger charge is -2.09. The van der Waals surface area contributed by atoms with E-state index in [9.17, 15) is 14.0 Å². The summed E-state index contributed by atoms with van der Waals surface area (Å²) in [7, 11) is 0. The molecule has 3 rings (SSSR count). The summed E-state index contributed by atoms with van der Waals surface area (Å²) in [6.45, 7) is 1.18. The Labute approximate surface area is 144 Å². The monoisotopic (exact) mass is 337 g/mol. The highest BCUT2D eigenvalue weighted by Gasteiger charge is 2.13. The van der Waals surface area contributed by atoms with E-state index in [0.717, 1.165) is 10.8 Å².